The van der Waals surface area contributed by atoms with Gasteiger partial charge in [0.25, 0.3) is 11.1 Å². The van der Waals surface area contributed by atoms with Gasteiger partial charge in [-0.05, 0) is 36.2 Å². The molecule has 11 heteroatoms. The summed E-state index contributed by atoms with van der Waals surface area (Å²) in [4.78, 5) is 24.7. The van der Waals surface area contributed by atoms with Gasteiger partial charge in [-0.1, -0.05) is 67.2 Å². The Morgan fingerprint density at radius 3 is 2.52 bits per heavy atom. The molecule has 0 saturated heterocycles. The summed E-state index contributed by atoms with van der Waals surface area (Å²) in [5, 5.41) is 34.9. The van der Waals surface area contributed by atoms with Crippen molar-refractivity contribution >= 4 is 39.8 Å². The average molecular weight is 557 g/mol. The molecular weight excluding hydrogens is 532 g/mol. The Morgan fingerprint density at radius 2 is 1.80 bits per heavy atom. The number of aromatic hydroxyl groups is 1. The Labute approximate surface area is 233 Å². The van der Waals surface area contributed by atoms with Crippen molar-refractivity contribution in [2.24, 2.45) is 0 Å². The van der Waals surface area contributed by atoms with Crippen molar-refractivity contribution < 1.29 is 24.0 Å². The van der Waals surface area contributed by atoms with Crippen LogP contribution in [0, 0.1) is 17.0 Å². The number of hydrogen-bond donors (Lipinski definition) is 2. The highest BCUT2D eigenvalue weighted by molar-refractivity contribution is 7.98. The Kier molecular flexibility index (Phi) is 7.65. The van der Waals surface area contributed by atoms with Crippen LogP contribution in [-0.2, 0) is 12.2 Å². The first-order valence-electron chi connectivity index (χ1n) is 12.4. The van der Waals surface area contributed by atoms with E-state index in [-0.39, 0.29) is 28.5 Å². The van der Waals surface area contributed by atoms with Gasteiger partial charge in [-0.3, -0.25) is 14.9 Å². The fourth-order valence-corrected chi connectivity index (χ4v) is 4.80. The number of nitrogens with zero attached hydrogens (tertiary/aromatic N) is 3. The van der Waals surface area contributed by atoms with E-state index in [1.54, 1.807) is 42.5 Å². The van der Waals surface area contributed by atoms with Crippen molar-refractivity contribution in [3.8, 4) is 17.2 Å². The minimum Gasteiger partial charge on any atom is -0.506 e. The second-order valence-electron chi connectivity index (χ2n) is 8.85. The van der Waals surface area contributed by atoms with Crippen molar-refractivity contribution in [2.45, 2.75) is 31.2 Å². The predicted molar refractivity (Wildman–Crippen MR) is 151 cm³/mol. The lowest BCUT2D eigenvalue weighted by atomic mass is 10.0. The lowest BCUT2D eigenvalue weighted by Crippen LogP contribution is -2.13. The molecule has 0 aliphatic heterocycles. The van der Waals surface area contributed by atoms with Crippen LogP contribution in [0.4, 0.5) is 11.4 Å². The van der Waals surface area contributed by atoms with Crippen molar-refractivity contribution in [1.82, 2.24) is 10.2 Å². The van der Waals surface area contributed by atoms with E-state index in [1.807, 2.05) is 26.0 Å². The highest BCUT2D eigenvalue weighted by Gasteiger charge is 2.22. The molecule has 5 rings (SSSR count). The molecule has 4 aromatic carbocycles. The molecule has 0 fully saturated rings. The van der Waals surface area contributed by atoms with Gasteiger partial charge in [-0.2, -0.15) is 0 Å². The van der Waals surface area contributed by atoms with E-state index in [1.165, 1.54) is 30.0 Å². The number of rotatable bonds is 9. The van der Waals surface area contributed by atoms with Gasteiger partial charge in [0.05, 0.1) is 10.5 Å². The van der Waals surface area contributed by atoms with Gasteiger partial charge >= 0.3 is 5.69 Å². The summed E-state index contributed by atoms with van der Waals surface area (Å²) >= 11 is 1.27. The van der Waals surface area contributed by atoms with Crippen LogP contribution < -0.4 is 10.1 Å². The highest BCUT2D eigenvalue weighted by Crippen LogP contribution is 2.41. The number of benzene rings is 4. The minimum atomic E-state index is -0.545. The number of ether oxygens (including phenoxy) is 1. The van der Waals surface area contributed by atoms with Crippen molar-refractivity contribution in [2.75, 3.05) is 5.32 Å². The quantitative estimate of drug-likeness (QED) is 0.111. The van der Waals surface area contributed by atoms with E-state index < -0.39 is 10.8 Å². The molecular formula is C29H24N4O6S. The number of aromatic nitrogens is 2. The van der Waals surface area contributed by atoms with Crippen LogP contribution in [0.5, 0.6) is 17.2 Å². The third-order valence-electron chi connectivity index (χ3n) is 6.17. The van der Waals surface area contributed by atoms with Gasteiger partial charge in [0.2, 0.25) is 11.6 Å². The smallest absolute Gasteiger partial charge is 0.311 e. The summed E-state index contributed by atoms with van der Waals surface area (Å²) in [6, 6.07) is 20.1. The summed E-state index contributed by atoms with van der Waals surface area (Å²) in [5.41, 5.74) is 1.83. The van der Waals surface area contributed by atoms with E-state index in [0.717, 1.165) is 5.56 Å². The predicted octanol–water partition coefficient (Wildman–Crippen LogP) is 7.04. The first-order chi connectivity index (χ1) is 19.3. The van der Waals surface area contributed by atoms with E-state index in [4.69, 9.17) is 9.15 Å². The van der Waals surface area contributed by atoms with E-state index in [9.17, 15) is 20.0 Å². The molecule has 0 bridgehead atoms. The molecule has 0 atom stereocenters. The van der Waals surface area contributed by atoms with Crippen LogP contribution in [0.1, 0.15) is 34.3 Å². The van der Waals surface area contributed by atoms with Crippen LogP contribution in [-0.4, -0.2) is 26.1 Å². The molecule has 202 valence electrons. The zero-order valence-corrected chi connectivity index (χ0v) is 22.4. The summed E-state index contributed by atoms with van der Waals surface area (Å²) in [7, 11) is 0. The number of nitrogens with one attached hydrogen (secondary N) is 1. The number of phenols is 1. The number of aryl methyl sites for hydroxylation is 2. The maximum atomic E-state index is 13.2. The number of carbonyl (C=O) groups is 1. The molecule has 0 saturated carbocycles. The zero-order valence-electron chi connectivity index (χ0n) is 21.6. The van der Waals surface area contributed by atoms with Crippen molar-refractivity contribution in [3.05, 3.63) is 105 Å². The number of phenolic OH excluding ortho intramolecular Hbond substituents is 1. The fraction of sp³-hybridized carbons (Fsp3) is 0.138. The molecule has 0 radical (unpaired) electrons. The largest absolute Gasteiger partial charge is 0.506 e. The van der Waals surface area contributed by atoms with E-state index in [2.05, 4.69) is 15.5 Å². The molecule has 0 aliphatic rings. The summed E-state index contributed by atoms with van der Waals surface area (Å²) < 4.78 is 11.5. The van der Waals surface area contributed by atoms with Crippen LogP contribution >= 0.6 is 11.8 Å². The molecule has 0 unspecified atom stereocenters. The van der Waals surface area contributed by atoms with Crippen molar-refractivity contribution in [3.63, 3.8) is 0 Å². The molecule has 0 aliphatic carbocycles. The number of para-hydroxylation sites is 1. The first-order valence-corrected chi connectivity index (χ1v) is 13.3. The fourth-order valence-electron chi connectivity index (χ4n) is 4.07. The Hall–Kier alpha value is -4.90. The Bertz CT molecular complexity index is 1740. The molecule has 1 aromatic heterocycles. The minimum absolute atomic E-state index is 0.00841. The Balaban J connectivity index is 1.47. The second-order valence-corrected chi connectivity index (χ2v) is 9.78. The number of nitro groups is 1. The molecule has 40 heavy (non-hydrogen) atoms. The molecule has 1 amide bonds. The SMILES string of the molecule is CCc1nnc(SCc2ccc(Oc3cc(C(=O)Nc4ccccc4C)c(O)c4ccccc34)c([N+](=O)[O-])c2)o1. The maximum absolute atomic E-state index is 13.2. The first kappa shape index (κ1) is 26.7. The summed E-state index contributed by atoms with van der Waals surface area (Å²) in [5.74, 6) is 0.306. The number of thioether (sulfide) groups is 1. The van der Waals surface area contributed by atoms with E-state index in [0.29, 0.717) is 45.3 Å². The number of carbonyl (C=O) groups excluding carboxylic acids is 1. The number of fused-ring (bicyclic) bond motifs is 1. The van der Waals surface area contributed by atoms with Gasteiger partial charge < -0.3 is 19.6 Å². The van der Waals surface area contributed by atoms with Gasteiger partial charge in [-0.15, -0.1) is 10.2 Å². The lowest BCUT2D eigenvalue weighted by Gasteiger charge is -2.15. The topological polar surface area (TPSA) is 141 Å². The molecule has 5 aromatic rings. The van der Waals surface area contributed by atoms with Gasteiger partial charge in [0.1, 0.15) is 11.5 Å². The number of hydrogen-bond acceptors (Lipinski definition) is 9. The van der Waals surface area contributed by atoms with Gasteiger partial charge in [0, 0.05) is 34.7 Å². The van der Waals surface area contributed by atoms with Crippen molar-refractivity contribution in [1.29, 1.82) is 0 Å². The monoisotopic (exact) mass is 556 g/mol. The zero-order chi connectivity index (χ0) is 28.2. The lowest BCUT2D eigenvalue weighted by molar-refractivity contribution is -0.385. The number of amides is 1. The third kappa shape index (κ3) is 5.59. The van der Waals surface area contributed by atoms with Gasteiger partial charge in [0.15, 0.2) is 0 Å². The van der Waals surface area contributed by atoms with Crippen LogP contribution in [0.2, 0.25) is 0 Å². The van der Waals surface area contributed by atoms with Crippen LogP contribution in [0.3, 0.4) is 0 Å². The Morgan fingerprint density at radius 1 is 1.05 bits per heavy atom. The normalized spacial score (nSPS) is 10.9. The maximum Gasteiger partial charge on any atom is 0.311 e. The second kappa shape index (κ2) is 11.5. The third-order valence-corrected chi connectivity index (χ3v) is 7.06. The number of nitro benzene ring substituents is 1. The summed E-state index contributed by atoms with van der Waals surface area (Å²) in [6.07, 6.45) is 0.617. The molecule has 10 nitrogen and oxygen atoms in total. The van der Waals surface area contributed by atoms with Crippen LogP contribution in [0.15, 0.2) is 82.4 Å². The van der Waals surface area contributed by atoms with Gasteiger partial charge in [-0.25, -0.2) is 0 Å². The molecule has 2 N–H and O–H groups in total. The van der Waals surface area contributed by atoms with E-state index >= 15 is 0 Å². The molecule has 0 spiro atoms. The number of anilines is 1. The average Bonchev–Trinajstić information content (AvgIpc) is 3.43. The highest BCUT2D eigenvalue weighted by atomic mass is 32.2. The van der Waals surface area contributed by atoms with Crippen LogP contribution in [0.25, 0.3) is 10.8 Å². The molecule has 1 heterocycles. The summed E-state index contributed by atoms with van der Waals surface area (Å²) in [6.45, 7) is 3.76. The standard InChI is InChI=1S/C29H24N4O6S/c1-3-26-31-32-29(39-26)40-16-18-12-13-24(23(14-18)33(36)37)38-25-15-21(27(34)20-10-6-5-9-19(20)25)28(35)30-22-11-7-4-8-17(22)2/h4-15,34H,3,16H2,1-2H3,(H,30,35).